The van der Waals surface area contributed by atoms with E-state index in [4.69, 9.17) is 28.2 Å². The van der Waals surface area contributed by atoms with Crippen molar-refractivity contribution in [3.05, 3.63) is 97.9 Å². The summed E-state index contributed by atoms with van der Waals surface area (Å²) >= 11 is 11.4. The maximum Gasteiger partial charge on any atom is 0.262 e. The number of hydrogen-bond acceptors (Lipinski definition) is 4. The van der Waals surface area contributed by atoms with Gasteiger partial charge in [-0.2, -0.15) is 0 Å². The molecule has 0 spiro atoms. The van der Waals surface area contributed by atoms with Gasteiger partial charge in [-0.3, -0.25) is 14.2 Å². The van der Waals surface area contributed by atoms with Crippen LogP contribution >= 0.6 is 23.8 Å². The molecule has 29 heavy (non-hydrogen) atoms. The van der Waals surface area contributed by atoms with Gasteiger partial charge in [0.1, 0.15) is 5.76 Å². The summed E-state index contributed by atoms with van der Waals surface area (Å²) in [5.74, 6) is 0.354. The predicted molar refractivity (Wildman–Crippen MR) is 114 cm³/mol. The topological polar surface area (TPSA) is 80.0 Å². The van der Waals surface area contributed by atoms with E-state index in [1.165, 1.54) is 4.57 Å². The fourth-order valence-corrected chi connectivity index (χ4v) is 3.48. The zero-order valence-electron chi connectivity index (χ0n) is 15.1. The molecule has 0 saturated carbocycles. The molecule has 4 aromatic rings. The molecule has 0 bridgehead atoms. The van der Waals surface area contributed by atoms with Crippen LogP contribution in [0, 0.1) is 4.77 Å². The zero-order valence-corrected chi connectivity index (χ0v) is 16.7. The van der Waals surface area contributed by atoms with E-state index in [1.807, 2.05) is 18.2 Å². The maximum atomic E-state index is 12.8. The standard InChI is InChI=1S/C21H16ClN3O3S/c22-17-6-2-1-4-14(17)11-23-19(26)13-7-8-16-18(10-13)24-21(29)25(20(16)27)12-15-5-3-9-28-15/h1-10H,11-12H2,(H,23,26)(H,24,29). The lowest BCUT2D eigenvalue weighted by Gasteiger charge is -2.09. The minimum Gasteiger partial charge on any atom is -0.467 e. The highest BCUT2D eigenvalue weighted by Crippen LogP contribution is 2.15. The lowest BCUT2D eigenvalue weighted by atomic mass is 10.1. The third-order valence-electron chi connectivity index (χ3n) is 4.54. The number of halogens is 1. The first-order valence-electron chi connectivity index (χ1n) is 8.84. The quantitative estimate of drug-likeness (QED) is 0.467. The monoisotopic (exact) mass is 425 g/mol. The highest BCUT2D eigenvalue weighted by atomic mass is 35.5. The maximum absolute atomic E-state index is 12.8. The average Bonchev–Trinajstić information content (AvgIpc) is 3.23. The van der Waals surface area contributed by atoms with E-state index in [0.29, 0.717) is 33.8 Å². The van der Waals surface area contributed by atoms with Crippen molar-refractivity contribution in [2.24, 2.45) is 0 Å². The number of carbonyl (C=O) groups excluding carboxylic acids is 1. The summed E-state index contributed by atoms with van der Waals surface area (Å²) in [5.41, 5.74) is 1.49. The summed E-state index contributed by atoms with van der Waals surface area (Å²) in [6.45, 7) is 0.536. The molecule has 8 heteroatoms. The van der Waals surface area contributed by atoms with Gasteiger partial charge < -0.3 is 14.7 Å². The van der Waals surface area contributed by atoms with Crippen LogP contribution in [0.5, 0.6) is 0 Å². The van der Waals surface area contributed by atoms with E-state index < -0.39 is 0 Å². The van der Waals surface area contributed by atoms with Gasteiger partial charge in [-0.1, -0.05) is 29.8 Å². The van der Waals surface area contributed by atoms with Crippen LogP contribution in [-0.2, 0) is 13.1 Å². The predicted octanol–water partition coefficient (Wildman–Crippen LogP) is 4.28. The number of aromatic amines is 1. The summed E-state index contributed by atoms with van der Waals surface area (Å²) in [7, 11) is 0. The van der Waals surface area contributed by atoms with Crippen LogP contribution in [0.1, 0.15) is 21.7 Å². The van der Waals surface area contributed by atoms with E-state index in [9.17, 15) is 9.59 Å². The van der Waals surface area contributed by atoms with Crippen molar-refractivity contribution in [3.8, 4) is 0 Å². The molecule has 2 aromatic carbocycles. The van der Waals surface area contributed by atoms with Crippen LogP contribution in [0.3, 0.4) is 0 Å². The van der Waals surface area contributed by atoms with Gasteiger partial charge in [0.05, 0.1) is 23.7 Å². The largest absolute Gasteiger partial charge is 0.467 e. The summed E-state index contributed by atoms with van der Waals surface area (Å²) in [6.07, 6.45) is 1.54. The highest BCUT2D eigenvalue weighted by Gasteiger charge is 2.12. The highest BCUT2D eigenvalue weighted by molar-refractivity contribution is 7.71. The number of nitrogens with one attached hydrogen (secondary N) is 2. The fraction of sp³-hybridized carbons (Fsp3) is 0.0952. The molecular formula is C21H16ClN3O3S. The second-order valence-electron chi connectivity index (χ2n) is 6.44. The van der Waals surface area contributed by atoms with Gasteiger partial charge >= 0.3 is 0 Å². The second kappa shape index (κ2) is 8.06. The Bertz CT molecular complexity index is 1310. The second-order valence-corrected chi connectivity index (χ2v) is 7.23. The Morgan fingerprint density at radius 2 is 2.00 bits per heavy atom. The van der Waals surface area contributed by atoms with E-state index >= 15 is 0 Å². The molecule has 2 N–H and O–H groups in total. The third kappa shape index (κ3) is 4.01. The van der Waals surface area contributed by atoms with Gasteiger partial charge in [0.25, 0.3) is 11.5 Å². The molecule has 146 valence electrons. The van der Waals surface area contributed by atoms with Crippen molar-refractivity contribution in [2.45, 2.75) is 13.1 Å². The third-order valence-corrected chi connectivity index (χ3v) is 5.23. The van der Waals surface area contributed by atoms with Crippen molar-refractivity contribution < 1.29 is 9.21 Å². The fourth-order valence-electron chi connectivity index (χ4n) is 3.02. The first kappa shape index (κ1) is 19.2. The first-order chi connectivity index (χ1) is 14.0. The normalized spacial score (nSPS) is 10.9. The summed E-state index contributed by atoms with van der Waals surface area (Å²) in [6, 6.07) is 15.7. The SMILES string of the molecule is O=C(NCc1ccccc1Cl)c1ccc2c(=O)n(Cc3ccco3)c(=S)[nH]c2c1. The van der Waals surface area contributed by atoms with E-state index in [2.05, 4.69) is 10.3 Å². The molecule has 6 nitrogen and oxygen atoms in total. The average molecular weight is 426 g/mol. The molecule has 4 rings (SSSR count). The number of nitrogens with zero attached hydrogens (tertiary/aromatic N) is 1. The molecule has 0 radical (unpaired) electrons. The number of furan rings is 1. The Morgan fingerprint density at radius 3 is 2.76 bits per heavy atom. The Morgan fingerprint density at radius 1 is 1.17 bits per heavy atom. The van der Waals surface area contributed by atoms with Gasteiger partial charge in [0.2, 0.25) is 0 Å². The molecule has 0 aliphatic heterocycles. The number of benzene rings is 2. The Hall–Kier alpha value is -3.16. The number of rotatable bonds is 5. The van der Waals surface area contributed by atoms with Crippen LogP contribution in [0.2, 0.25) is 5.02 Å². The molecule has 1 amide bonds. The van der Waals surface area contributed by atoms with Crippen molar-refractivity contribution in [1.82, 2.24) is 14.9 Å². The van der Waals surface area contributed by atoms with Crippen molar-refractivity contribution in [3.63, 3.8) is 0 Å². The van der Waals surface area contributed by atoms with Crippen LogP contribution in [-0.4, -0.2) is 15.5 Å². The molecule has 0 saturated heterocycles. The molecule has 2 aromatic heterocycles. The van der Waals surface area contributed by atoms with E-state index in [1.54, 1.807) is 42.7 Å². The van der Waals surface area contributed by atoms with Crippen LogP contribution in [0.4, 0.5) is 0 Å². The molecule has 0 aliphatic rings. The van der Waals surface area contributed by atoms with Crippen LogP contribution in [0.25, 0.3) is 10.9 Å². The van der Waals surface area contributed by atoms with Gasteiger partial charge in [0.15, 0.2) is 4.77 Å². The first-order valence-corrected chi connectivity index (χ1v) is 9.62. The summed E-state index contributed by atoms with van der Waals surface area (Å²) in [5, 5.41) is 3.86. The molecular weight excluding hydrogens is 410 g/mol. The molecule has 0 atom stereocenters. The number of hydrogen-bond donors (Lipinski definition) is 2. The van der Waals surface area contributed by atoms with Gasteiger partial charge in [-0.15, -0.1) is 0 Å². The van der Waals surface area contributed by atoms with Crippen LogP contribution in [0.15, 0.2) is 70.1 Å². The summed E-state index contributed by atoms with van der Waals surface area (Å²) < 4.78 is 6.98. The Kier molecular flexibility index (Phi) is 5.33. The lowest BCUT2D eigenvalue weighted by molar-refractivity contribution is 0.0951. The Balaban J connectivity index is 1.61. The minimum atomic E-state index is -0.272. The number of amides is 1. The molecule has 2 heterocycles. The van der Waals surface area contributed by atoms with E-state index in [0.717, 1.165) is 5.56 Å². The molecule has 0 aliphatic carbocycles. The lowest BCUT2D eigenvalue weighted by Crippen LogP contribution is -2.24. The minimum absolute atomic E-state index is 0.233. The van der Waals surface area contributed by atoms with Crippen molar-refractivity contribution in [1.29, 1.82) is 0 Å². The number of fused-ring (bicyclic) bond motifs is 1. The zero-order chi connectivity index (χ0) is 20.4. The smallest absolute Gasteiger partial charge is 0.262 e. The summed E-state index contributed by atoms with van der Waals surface area (Å²) in [4.78, 5) is 28.4. The molecule has 0 unspecified atom stereocenters. The number of carbonyl (C=O) groups is 1. The number of H-pyrrole nitrogens is 1. The van der Waals surface area contributed by atoms with Gasteiger partial charge in [-0.05, 0) is 54.2 Å². The van der Waals surface area contributed by atoms with Crippen LogP contribution < -0.4 is 10.9 Å². The van der Waals surface area contributed by atoms with E-state index in [-0.39, 0.29) is 22.8 Å². The number of aromatic nitrogens is 2. The van der Waals surface area contributed by atoms with Gasteiger partial charge in [0, 0.05) is 17.1 Å². The van der Waals surface area contributed by atoms with Crippen molar-refractivity contribution in [2.75, 3.05) is 0 Å². The van der Waals surface area contributed by atoms with Gasteiger partial charge in [-0.25, -0.2) is 0 Å². The molecule has 0 fully saturated rings. The van der Waals surface area contributed by atoms with Crippen molar-refractivity contribution >= 4 is 40.6 Å². The Labute approximate surface area is 175 Å².